The third kappa shape index (κ3) is 3.15. The Bertz CT molecular complexity index is 522. The van der Waals surface area contributed by atoms with Crippen LogP contribution in [0.4, 0.5) is 0 Å². The number of rotatable bonds is 3. The van der Waals surface area contributed by atoms with Gasteiger partial charge < -0.3 is 19.7 Å². The Balaban J connectivity index is 0.00000176. The number of hydrogen-bond acceptors (Lipinski definition) is 4. The number of carbonyl (C=O) groups excluding carboxylic acids is 1. The molecule has 2 aliphatic heterocycles. The predicted octanol–water partition coefficient (Wildman–Crippen LogP) is 1.95. The Labute approximate surface area is 137 Å². The number of nitrogens with zero attached hydrogens (tertiary/aromatic N) is 1. The summed E-state index contributed by atoms with van der Waals surface area (Å²) in [6.45, 7) is 3.77. The van der Waals surface area contributed by atoms with E-state index < -0.39 is 0 Å². The van der Waals surface area contributed by atoms with Crippen LogP contribution < -0.4 is 14.8 Å². The number of nitrogens with one attached hydrogen (secondary N) is 1. The van der Waals surface area contributed by atoms with Crippen molar-refractivity contribution in [1.29, 1.82) is 0 Å². The first-order valence-electron chi connectivity index (χ1n) is 7.39. The Morgan fingerprint density at radius 2 is 1.86 bits per heavy atom. The molecule has 1 aromatic carbocycles. The molecule has 122 valence electrons. The van der Waals surface area contributed by atoms with Gasteiger partial charge in [0.1, 0.15) is 11.5 Å². The summed E-state index contributed by atoms with van der Waals surface area (Å²) in [6.07, 6.45) is 2.26. The van der Waals surface area contributed by atoms with Crippen molar-refractivity contribution in [2.45, 2.75) is 12.8 Å². The van der Waals surface area contributed by atoms with E-state index in [9.17, 15) is 4.79 Å². The van der Waals surface area contributed by atoms with Crippen LogP contribution in [0.2, 0.25) is 0 Å². The molecule has 1 N–H and O–H groups in total. The van der Waals surface area contributed by atoms with Crippen LogP contribution >= 0.6 is 12.4 Å². The summed E-state index contributed by atoms with van der Waals surface area (Å²) < 4.78 is 10.5. The van der Waals surface area contributed by atoms with Crippen LogP contribution in [0, 0.1) is 5.41 Å². The predicted molar refractivity (Wildman–Crippen MR) is 87.2 cm³/mol. The fourth-order valence-electron chi connectivity index (χ4n) is 3.37. The lowest BCUT2D eigenvalue weighted by Gasteiger charge is -2.23. The molecule has 2 heterocycles. The molecule has 2 saturated heterocycles. The van der Waals surface area contributed by atoms with Crippen molar-refractivity contribution < 1.29 is 14.3 Å². The smallest absolute Gasteiger partial charge is 0.254 e. The summed E-state index contributed by atoms with van der Waals surface area (Å²) in [5.74, 6) is 1.36. The van der Waals surface area contributed by atoms with Gasteiger partial charge in [0.2, 0.25) is 0 Å². The van der Waals surface area contributed by atoms with Gasteiger partial charge in [-0.15, -0.1) is 12.4 Å². The summed E-state index contributed by atoms with van der Waals surface area (Å²) in [5.41, 5.74) is 0.924. The fraction of sp³-hybridized carbons (Fsp3) is 0.562. The minimum Gasteiger partial charge on any atom is -0.497 e. The average Bonchev–Trinajstić information content (AvgIpc) is 3.16. The van der Waals surface area contributed by atoms with Gasteiger partial charge in [0.05, 0.1) is 14.2 Å². The number of amides is 1. The highest BCUT2D eigenvalue weighted by Gasteiger charge is 2.42. The molecule has 5 nitrogen and oxygen atoms in total. The molecule has 1 unspecified atom stereocenters. The van der Waals surface area contributed by atoms with Gasteiger partial charge in [0.25, 0.3) is 5.91 Å². The quantitative estimate of drug-likeness (QED) is 0.922. The minimum absolute atomic E-state index is 0. The summed E-state index contributed by atoms with van der Waals surface area (Å²) in [7, 11) is 3.19. The van der Waals surface area contributed by atoms with E-state index in [2.05, 4.69) is 5.32 Å². The largest absolute Gasteiger partial charge is 0.497 e. The van der Waals surface area contributed by atoms with Crippen LogP contribution in [0.5, 0.6) is 11.5 Å². The first kappa shape index (κ1) is 16.9. The minimum atomic E-state index is 0. The molecule has 22 heavy (non-hydrogen) atoms. The number of ether oxygens (including phenoxy) is 2. The molecule has 1 atom stereocenters. The lowest BCUT2D eigenvalue weighted by molar-refractivity contribution is 0.0775. The second-order valence-electron chi connectivity index (χ2n) is 6.00. The molecule has 0 bridgehead atoms. The number of hydrogen-bond donors (Lipinski definition) is 1. The van der Waals surface area contributed by atoms with Crippen molar-refractivity contribution >= 4 is 18.3 Å². The maximum absolute atomic E-state index is 12.7. The standard InChI is InChI=1S/C16H22N2O3.ClH/c1-20-13-7-12(8-14(9-13)21-2)15(19)18-6-4-16(11-18)3-5-17-10-16;/h7-9,17H,3-6,10-11H2,1-2H3;1H. The van der Waals surface area contributed by atoms with Crippen molar-refractivity contribution in [2.75, 3.05) is 40.4 Å². The van der Waals surface area contributed by atoms with E-state index in [1.165, 1.54) is 0 Å². The average molecular weight is 327 g/mol. The number of halogens is 1. The van der Waals surface area contributed by atoms with Crippen LogP contribution in [0.3, 0.4) is 0 Å². The van der Waals surface area contributed by atoms with Crippen LogP contribution in [0.15, 0.2) is 18.2 Å². The van der Waals surface area contributed by atoms with Gasteiger partial charge in [-0.3, -0.25) is 4.79 Å². The van der Waals surface area contributed by atoms with Crippen LogP contribution in [-0.4, -0.2) is 51.2 Å². The highest BCUT2D eigenvalue weighted by atomic mass is 35.5. The first-order chi connectivity index (χ1) is 10.2. The SMILES string of the molecule is COc1cc(OC)cc(C(=O)N2CCC3(CCNC3)C2)c1.Cl. The van der Waals surface area contributed by atoms with E-state index in [4.69, 9.17) is 9.47 Å². The molecule has 2 fully saturated rings. The molecular weight excluding hydrogens is 304 g/mol. The highest BCUT2D eigenvalue weighted by Crippen LogP contribution is 2.37. The Kier molecular flexibility index (Phi) is 5.19. The van der Waals surface area contributed by atoms with Crippen molar-refractivity contribution in [3.63, 3.8) is 0 Å². The molecule has 0 saturated carbocycles. The molecule has 0 aromatic heterocycles. The molecule has 1 amide bonds. The molecule has 1 aromatic rings. The lowest BCUT2D eigenvalue weighted by Crippen LogP contribution is -2.33. The van der Waals surface area contributed by atoms with Crippen LogP contribution in [0.25, 0.3) is 0 Å². The van der Waals surface area contributed by atoms with Gasteiger partial charge in [-0.1, -0.05) is 0 Å². The molecule has 2 aliphatic rings. The first-order valence-corrected chi connectivity index (χ1v) is 7.39. The van der Waals surface area contributed by atoms with Crippen LogP contribution in [0.1, 0.15) is 23.2 Å². The number of likely N-dealkylation sites (tertiary alicyclic amines) is 1. The lowest BCUT2D eigenvalue weighted by atomic mass is 9.86. The second-order valence-corrected chi connectivity index (χ2v) is 6.00. The van der Waals surface area contributed by atoms with E-state index in [1.807, 2.05) is 4.90 Å². The van der Waals surface area contributed by atoms with Gasteiger partial charge in [0.15, 0.2) is 0 Å². The molecule has 6 heteroatoms. The zero-order chi connectivity index (χ0) is 14.9. The maximum atomic E-state index is 12.7. The summed E-state index contributed by atoms with van der Waals surface area (Å²) in [5, 5.41) is 3.41. The van der Waals surface area contributed by atoms with Gasteiger partial charge in [-0.05, 0) is 31.5 Å². The van der Waals surface area contributed by atoms with Gasteiger partial charge in [-0.25, -0.2) is 0 Å². The van der Waals surface area contributed by atoms with E-state index in [0.717, 1.165) is 39.0 Å². The van der Waals surface area contributed by atoms with Gasteiger partial charge in [-0.2, -0.15) is 0 Å². The van der Waals surface area contributed by atoms with Crippen LogP contribution in [-0.2, 0) is 0 Å². The van der Waals surface area contributed by atoms with Gasteiger partial charge >= 0.3 is 0 Å². The third-order valence-corrected chi connectivity index (χ3v) is 4.66. The third-order valence-electron chi connectivity index (χ3n) is 4.66. The normalized spacial score (nSPS) is 23.5. The van der Waals surface area contributed by atoms with Gasteiger partial charge in [0, 0.05) is 36.7 Å². The second kappa shape index (κ2) is 6.75. The summed E-state index contributed by atoms with van der Waals surface area (Å²) in [4.78, 5) is 14.7. The highest BCUT2D eigenvalue weighted by molar-refractivity contribution is 5.95. The summed E-state index contributed by atoms with van der Waals surface area (Å²) >= 11 is 0. The Hall–Kier alpha value is -1.46. The number of methoxy groups -OCH3 is 2. The maximum Gasteiger partial charge on any atom is 0.254 e. The molecule has 0 radical (unpaired) electrons. The molecular formula is C16H23ClN2O3. The Morgan fingerprint density at radius 3 is 2.41 bits per heavy atom. The van der Waals surface area contributed by atoms with Crippen molar-refractivity contribution in [3.05, 3.63) is 23.8 Å². The van der Waals surface area contributed by atoms with E-state index >= 15 is 0 Å². The van der Waals surface area contributed by atoms with Crippen molar-refractivity contribution in [2.24, 2.45) is 5.41 Å². The number of carbonyl (C=O) groups is 1. The monoisotopic (exact) mass is 326 g/mol. The topological polar surface area (TPSA) is 50.8 Å². The van der Waals surface area contributed by atoms with Crippen molar-refractivity contribution in [1.82, 2.24) is 10.2 Å². The number of benzene rings is 1. The molecule has 0 aliphatic carbocycles. The van der Waals surface area contributed by atoms with Crippen molar-refractivity contribution in [3.8, 4) is 11.5 Å². The summed E-state index contributed by atoms with van der Waals surface area (Å²) in [6, 6.07) is 5.34. The van der Waals surface area contributed by atoms with E-state index in [-0.39, 0.29) is 18.3 Å². The molecule has 1 spiro atoms. The van der Waals surface area contributed by atoms with E-state index in [1.54, 1.807) is 32.4 Å². The van der Waals surface area contributed by atoms with E-state index in [0.29, 0.717) is 22.5 Å². The zero-order valence-corrected chi connectivity index (χ0v) is 13.9. The fourth-order valence-corrected chi connectivity index (χ4v) is 3.37. The zero-order valence-electron chi connectivity index (χ0n) is 13.1. The molecule has 3 rings (SSSR count). The Morgan fingerprint density at radius 1 is 1.18 bits per heavy atom.